The van der Waals surface area contributed by atoms with E-state index in [-0.39, 0.29) is 12.5 Å². The first kappa shape index (κ1) is 15.8. The molecule has 1 aliphatic rings. The van der Waals surface area contributed by atoms with Crippen LogP contribution in [0.25, 0.3) is 0 Å². The fraction of sp³-hybridized carbons (Fsp3) is 0.846. The van der Waals surface area contributed by atoms with Crippen molar-refractivity contribution in [2.45, 2.75) is 51.7 Å². The van der Waals surface area contributed by atoms with E-state index in [1.165, 1.54) is 4.90 Å². The molecule has 1 saturated heterocycles. The SMILES string of the molecule is CC(C)(C)OC(=O)N1CCC[C@@H]1C(=O)NCCCO. The van der Waals surface area contributed by atoms with Gasteiger partial charge in [0.05, 0.1) is 0 Å². The van der Waals surface area contributed by atoms with Crippen LogP contribution in [0.5, 0.6) is 0 Å². The Kier molecular flexibility index (Phi) is 5.60. The van der Waals surface area contributed by atoms with E-state index in [0.717, 1.165) is 6.42 Å². The van der Waals surface area contributed by atoms with E-state index in [1.807, 2.05) is 0 Å². The predicted octanol–water partition coefficient (Wildman–Crippen LogP) is 0.885. The molecule has 2 N–H and O–H groups in total. The number of carbonyl (C=O) groups is 2. The summed E-state index contributed by atoms with van der Waals surface area (Å²) in [5, 5.41) is 11.4. The van der Waals surface area contributed by atoms with E-state index >= 15 is 0 Å². The highest BCUT2D eigenvalue weighted by Crippen LogP contribution is 2.20. The lowest BCUT2D eigenvalue weighted by Crippen LogP contribution is -2.47. The van der Waals surface area contributed by atoms with Crippen molar-refractivity contribution in [1.29, 1.82) is 0 Å². The van der Waals surface area contributed by atoms with Crippen LogP contribution in [0.15, 0.2) is 0 Å². The molecule has 0 aromatic carbocycles. The second kappa shape index (κ2) is 6.75. The van der Waals surface area contributed by atoms with Crippen LogP contribution in [0.4, 0.5) is 4.79 Å². The van der Waals surface area contributed by atoms with Gasteiger partial charge in [0.15, 0.2) is 0 Å². The Labute approximate surface area is 114 Å². The van der Waals surface area contributed by atoms with Crippen LogP contribution in [0.2, 0.25) is 0 Å². The van der Waals surface area contributed by atoms with Gasteiger partial charge < -0.3 is 15.2 Å². The van der Waals surface area contributed by atoms with E-state index in [9.17, 15) is 9.59 Å². The Bertz CT molecular complexity index is 325. The molecule has 6 nitrogen and oxygen atoms in total. The van der Waals surface area contributed by atoms with Crippen molar-refractivity contribution in [3.63, 3.8) is 0 Å². The molecule has 19 heavy (non-hydrogen) atoms. The highest BCUT2D eigenvalue weighted by atomic mass is 16.6. The molecular formula is C13H24N2O4. The van der Waals surface area contributed by atoms with E-state index < -0.39 is 17.7 Å². The summed E-state index contributed by atoms with van der Waals surface area (Å²) >= 11 is 0. The summed E-state index contributed by atoms with van der Waals surface area (Å²) in [4.78, 5) is 25.4. The molecule has 0 unspecified atom stereocenters. The molecule has 0 radical (unpaired) electrons. The first-order valence-corrected chi connectivity index (χ1v) is 6.73. The van der Waals surface area contributed by atoms with Crippen molar-refractivity contribution < 1.29 is 19.4 Å². The summed E-state index contributed by atoms with van der Waals surface area (Å²) in [6.07, 6.45) is 1.54. The topological polar surface area (TPSA) is 78.9 Å². The minimum atomic E-state index is -0.558. The smallest absolute Gasteiger partial charge is 0.410 e. The van der Waals surface area contributed by atoms with Gasteiger partial charge in [0.2, 0.25) is 5.91 Å². The van der Waals surface area contributed by atoms with Crippen LogP contribution in [-0.2, 0) is 9.53 Å². The number of hydrogen-bond acceptors (Lipinski definition) is 4. The summed E-state index contributed by atoms with van der Waals surface area (Å²) in [7, 11) is 0. The number of hydrogen-bond donors (Lipinski definition) is 2. The van der Waals surface area contributed by atoms with Crippen molar-refractivity contribution in [2.24, 2.45) is 0 Å². The lowest BCUT2D eigenvalue weighted by molar-refractivity contribution is -0.125. The van der Waals surface area contributed by atoms with E-state index in [2.05, 4.69) is 5.32 Å². The molecule has 1 rings (SSSR count). The number of ether oxygens (including phenoxy) is 1. The van der Waals surface area contributed by atoms with Gasteiger partial charge in [-0.3, -0.25) is 9.69 Å². The zero-order valence-electron chi connectivity index (χ0n) is 11.9. The average molecular weight is 272 g/mol. The Morgan fingerprint density at radius 1 is 1.42 bits per heavy atom. The highest BCUT2D eigenvalue weighted by Gasteiger charge is 2.36. The van der Waals surface area contributed by atoms with Crippen molar-refractivity contribution in [3.8, 4) is 0 Å². The Balaban J connectivity index is 2.53. The van der Waals surface area contributed by atoms with Gasteiger partial charge in [-0.25, -0.2) is 4.79 Å². The zero-order valence-corrected chi connectivity index (χ0v) is 11.9. The first-order valence-electron chi connectivity index (χ1n) is 6.73. The zero-order chi connectivity index (χ0) is 14.5. The maximum atomic E-state index is 12.0. The van der Waals surface area contributed by atoms with Crippen molar-refractivity contribution >= 4 is 12.0 Å². The molecule has 0 aromatic heterocycles. The van der Waals surface area contributed by atoms with Gasteiger partial charge in [-0.05, 0) is 40.0 Å². The maximum absolute atomic E-state index is 12.0. The van der Waals surface area contributed by atoms with Crippen LogP contribution in [0.3, 0.4) is 0 Å². The molecule has 6 heteroatoms. The quantitative estimate of drug-likeness (QED) is 0.745. The number of aliphatic hydroxyl groups excluding tert-OH is 1. The molecule has 110 valence electrons. The van der Waals surface area contributed by atoms with Crippen LogP contribution < -0.4 is 5.32 Å². The lowest BCUT2D eigenvalue weighted by Gasteiger charge is -2.28. The Morgan fingerprint density at radius 2 is 2.11 bits per heavy atom. The molecule has 1 atom stereocenters. The molecule has 1 heterocycles. The van der Waals surface area contributed by atoms with Crippen LogP contribution in [-0.4, -0.2) is 53.3 Å². The third-order valence-corrected chi connectivity index (χ3v) is 2.82. The number of carbonyl (C=O) groups excluding carboxylic acids is 2. The second-order valence-corrected chi connectivity index (χ2v) is 5.70. The number of rotatable bonds is 4. The predicted molar refractivity (Wildman–Crippen MR) is 70.7 cm³/mol. The monoisotopic (exact) mass is 272 g/mol. The maximum Gasteiger partial charge on any atom is 0.410 e. The number of aliphatic hydroxyl groups is 1. The molecular weight excluding hydrogens is 248 g/mol. The largest absolute Gasteiger partial charge is 0.444 e. The normalized spacial score (nSPS) is 19.4. The average Bonchev–Trinajstić information content (AvgIpc) is 2.75. The molecule has 1 fully saturated rings. The van der Waals surface area contributed by atoms with Crippen LogP contribution in [0, 0.1) is 0 Å². The summed E-state index contributed by atoms with van der Waals surface area (Å²) < 4.78 is 5.29. The molecule has 2 amide bonds. The van der Waals surface area contributed by atoms with Gasteiger partial charge >= 0.3 is 6.09 Å². The van der Waals surface area contributed by atoms with Gasteiger partial charge in [0, 0.05) is 19.7 Å². The summed E-state index contributed by atoms with van der Waals surface area (Å²) in [5.74, 6) is -0.170. The summed E-state index contributed by atoms with van der Waals surface area (Å²) in [5.41, 5.74) is -0.558. The molecule has 1 aliphatic heterocycles. The molecule has 0 saturated carbocycles. The molecule has 0 aromatic rings. The van der Waals surface area contributed by atoms with Crippen molar-refractivity contribution in [3.05, 3.63) is 0 Å². The molecule has 0 bridgehead atoms. The van der Waals surface area contributed by atoms with Gasteiger partial charge in [0.1, 0.15) is 11.6 Å². The second-order valence-electron chi connectivity index (χ2n) is 5.70. The minimum absolute atomic E-state index is 0.0424. The van der Waals surface area contributed by atoms with Crippen LogP contribution >= 0.6 is 0 Å². The molecule has 0 aliphatic carbocycles. The summed E-state index contributed by atoms with van der Waals surface area (Å²) in [6, 6.07) is -0.450. The van der Waals surface area contributed by atoms with Gasteiger partial charge in [-0.1, -0.05) is 0 Å². The number of nitrogens with zero attached hydrogens (tertiary/aromatic N) is 1. The highest BCUT2D eigenvalue weighted by molar-refractivity contribution is 5.86. The number of likely N-dealkylation sites (tertiary alicyclic amines) is 1. The lowest BCUT2D eigenvalue weighted by atomic mass is 10.2. The van der Waals surface area contributed by atoms with Gasteiger partial charge in [-0.15, -0.1) is 0 Å². The van der Waals surface area contributed by atoms with E-state index in [0.29, 0.717) is 25.9 Å². The van der Waals surface area contributed by atoms with Gasteiger partial charge in [-0.2, -0.15) is 0 Å². The van der Waals surface area contributed by atoms with Gasteiger partial charge in [0.25, 0.3) is 0 Å². The molecule has 0 spiro atoms. The van der Waals surface area contributed by atoms with Crippen molar-refractivity contribution in [1.82, 2.24) is 10.2 Å². The van der Waals surface area contributed by atoms with E-state index in [1.54, 1.807) is 20.8 Å². The summed E-state index contributed by atoms with van der Waals surface area (Å²) in [6.45, 7) is 6.42. The fourth-order valence-electron chi connectivity index (χ4n) is 1.99. The van der Waals surface area contributed by atoms with Crippen molar-refractivity contribution in [2.75, 3.05) is 19.7 Å². The number of amides is 2. The fourth-order valence-corrected chi connectivity index (χ4v) is 1.99. The standard InChI is InChI=1S/C13H24N2O4/c1-13(2,3)19-12(18)15-8-4-6-10(15)11(17)14-7-5-9-16/h10,16H,4-9H2,1-3H3,(H,14,17)/t10-/m1/s1. The Morgan fingerprint density at radius 3 is 2.68 bits per heavy atom. The first-order chi connectivity index (χ1) is 8.85. The van der Waals surface area contributed by atoms with E-state index in [4.69, 9.17) is 9.84 Å². The number of nitrogens with one attached hydrogen (secondary N) is 1. The van der Waals surface area contributed by atoms with Crippen LogP contribution in [0.1, 0.15) is 40.0 Å². The minimum Gasteiger partial charge on any atom is -0.444 e. The Hall–Kier alpha value is -1.30. The third kappa shape index (κ3) is 5.06. The third-order valence-electron chi connectivity index (χ3n) is 2.82.